The van der Waals surface area contributed by atoms with E-state index >= 15 is 0 Å². The molecule has 0 spiro atoms. The number of amides is 1. The number of carbonyl (C=O) groups is 1. The number of rotatable bonds is 6. The summed E-state index contributed by atoms with van der Waals surface area (Å²) in [5.41, 5.74) is 2.71. The van der Waals surface area contributed by atoms with Gasteiger partial charge in [-0.3, -0.25) is 9.36 Å². The summed E-state index contributed by atoms with van der Waals surface area (Å²) in [6.45, 7) is 6.54. The Hall–Kier alpha value is -2.30. The third-order valence-electron chi connectivity index (χ3n) is 3.08. The predicted molar refractivity (Wildman–Crippen MR) is 86.0 cm³/mol. The lowest BCUT2D eigenvalue weighted by Crippen LogP contribution is -2.08. The number of carbonyl (C=O) groups excluding carboxylic acids is 1. The van der Waals surface area contributed by atoms with Crippen molar-refractivity contribution in [2.75, 3.05) is 17.2 Å². The Kier molecular flexibility index (Phi) is 4.98. The second kappa shape index (κ2) is 6.92. The molecule has 0 aliphatic heterocycles. The van der Waals surface area contributed by atoms with Gasteiger partial charge in [-0.25, -0.2) is 4.98 Å². The molecule has 0 radical (unpaired) electrons. The number of anilines is 2. The van der Waals surface area contributed by atoms with Crippen molar-refractivity contribution in [1.29, 1.82) is 0 Å². The monoisotopic (exact) mass is 286 g/mol. The van der Waals surface area contributed by atoms with Crippen LogP contribution in [0.4, 0.5) is 11.6 Å². The van der Waals surface area contributed by atoms with Crippen LogP contribution >= 0.6 is 0 Å². The molecule has 0 aliphatic rings. The average Bonchev–Trinajstić information content (AvgIpc) is 2.80. The van der Waals surface area contributed by atoms with E-state index in [1.54, 1.807) is 0 Å². The molecule has 0 aliphatic carbocycles. The van der Waals surface area contributed by atoms with Gasteiger partial charge < -0.3 is 10.6 Å². The van der Waals surface area contributed by atoms with Crippen LogP contribution in [0.5, 0.6) is 0 Å². The summed E-state index contributed by atoms with van der Waals surface area (Å²) in [5, 5.41) is 6.16. The summed E-state index contributed by atoms with van der Waals surface area (Å²) >= 11 is 0. The Morgan fingerprint density at radius 1 is 1.38 bits per heavy atom. The van der Waals surface area contributed by atoms with Crippen LogP contribution in [0.1, 0.15) is 32.4 Å². The van der Waals surface area contributed by atoms with Gasteiger partial charge in [-0.1, -0.05) is 19.4 Å². The van der Waals surface area contributed by atoms with Crippen molar-refractivity contribution in [1.82, 2.24) is 9.55 Å². The highest BCUT2D eigenvalue weighted by atomic mass is 16.1. The van der Waals surface area contributed by atoms with Crippen LogP contribution in [0.15, 0.2) is 30.5 Å². The van der Waals surface area contributed by atoms with E-state index in [9.17, 15) is 4.79 Å². The largest absolute Gasteiger partial charge is 0.355 e. The minimum atomic E-state index is -0.0738. The lowest BCUT2D eigenvalue weighted by molar-refractivity contribution is -0.114. The van der Waals surface area contributed by atoms with Gasteiger partial charge in [0.25, 0.3) is 0 Å². The number of hydrogen-bond donors (Lipinski definition) is 2. The molecule has 0 saturated heterocycles. The number of aryl methyl sites for hydroxylation is 1. The summed E-state index contributed by atoms with van der Waals surface area (Å²) in [6, 6.07) is 7.73. The van der Waals surface area contributed by atoms with E-state index in [4.69, 9.17) is 0 Å². The molecule has 0 unspecified atom stereocenters. The molecular weight excluding hydrogens is 264 g/mol. The van der Waals surface area contributed by atoms with Crippen molar-refractivity contribution in [3.63, 3.8) is 0 Å². The number of benzene rings is 1. The third kappa shape index (κ3) is 4.08. The van der Waals surface area contributed by atoms with E-state index in [1.807, 2.05) is 42.0 Å². The van der Waals surface area contributed by atoms with Gasteiger partial charge in [0.1, 0.15) is 0 Å². The predicted octanol–water partition coefficient (Wildman–Crippen LogP) is 3.35. The Morgan fingerprint density at radius 3 is 2.90 bits per heavy atom. The number of unbranched alkanes of at least 4 members (excludes halogenated alkanes) is 1. The van der Waals surface area contributed by atoms with Crippen LogP contribution in [0, 0.1) is 6.92 Å². The molecule has 1 aromatic carbocycles. The number of imidazole rings is 1. The molecule has 0 bridgehead atoms. The zero-order valence-electron chi connectivity index (χ0n) is 12.8. The minimum Gasteiger partial charge on any atom is -0.355 e. The number of nitrogens with zero attached hydrogens (tertiary/aromatic N) is 2. The highest BCUT2D eigenvalue weighted by molar-refractivity contribution is 5.88. The van der Waals surface area contributed by atoms with Crippen LogP contribution in [0.2, 0.25) is 0 Å². The molecule has 2 rings (SSSR count). The zero-order chi connectivity index (χ0) is 15.2. The second-order valence-electron chi connectivity index (χ2n) is 5.09. The topological polar surface area (TPSA) is 59.0 Å². The molecule has 1 heterocycles. The Morgan fingerprint density at radius 2 is 2.19 bits per heavy atom. The smallest absolute Gasteiger partial charge is 0.221 e. The second-order valence-corrected chi connectivity index (χ2v) is 5.09. The molecule has 0 fully saturated rings. The van der Waals surface area contributed by atoms with Gasteiger partial charge in [-0.05, 0) is 31.5 Å². The Labute approximate surface area is 125 Å². The van der Waals surface area contributed by atoms with Crippen LogP contribution < -0.4 is 10.6 Å². The van der Waals surface area contributed by atoms with Gasteiger partial charge in [0.15, 0.2) is 0 Å². The quantitative estimate of drug-likeness (QED) is 0.801. The van der Waals surface area contributed by atoms with Crippen molar-refractivity contribution in [2.24, 2.45) is 0 Å². The fraction of sp³-hybridized carbons (Fsp3) is 0.375. The van der Waals surface area contributed by atoms with Crippen molar-refractivity contribution in [3.8, 4) is 5.69 Å². The fourth-order valence-corrected chi connectivity index (χ4v) is 2.13. The minimum absolute atomic E-state index is 0.0738. The van der Waals surface area contributed by atoms with Crippen LogP contribution in [-0.4, -0.2) is 22.0 Å². The first-order valence-electron chi connectivity index (χ1n) is 7.28. The SMILES string of the molecule is CCCCNc1nc(C)cn1-c1cccc(NC(C)=O)c1. The standard InChI is InChI=1S/C16H22N4O/c1-4-5-9-17-16-18-12(2)11-20(16)15-8-6-7-14(10-15)19-13(3)21/h6-8,10-11H,4-5,9H2,1-3H3,(H,17,18)(H,19,21). The molecule has 0 atom stereocenters. The maximum Gasteiger partial charge on any atom is 0.221 e. The Balaban J connectivity index is 2.26. The molecule has 0 saturated carbocycles. The molecule has 112 valence electrons. The van der Waals surface area contributed by atoms with E-state index < -0.39 is 0 Å². The molecule has 21 heavy (non-hydrogen) atoms. The Bertz CT molecular complexity index is 618. The molecule has 2 aromatic rings. The van der Waals surface area contributed by atoms with Gasteiger partial charge >= 0.3 is 0 Å². The van der Waals surface area contributed by atoms with Crippen molar-refractivity contribution >= 4 is 17.5 Å². The summed E-state index contributed by atoms with van der Waals surface area (Å²) in [6.07, 6.45) is 4.24. The molecule has 5 heteroatoms. The van der Waals surface area contributed by atoms with Crippen LogP contribution in [-0.2, 0) is 4.79 Å². The first kappa shape index (κ1) is 15.1. The van der Waals surface area contributed by atoms with Gasteiger partial charge in [-0.2, -0.15) is 0 Å². The molecule has 1 amide bonds. The van der Waals surface area contributed by atoms with Gasteiger partial charge in [0.05, 0.1) is 11.4 Å². The van der Waals surface area contributed by atoms with E-state index in [0.29, 0.717) is 0 Å². The third-order valence-corrected chi connectivity index (χ3v) is 3.08. The summed E-state index contributed by atoms with van der Waals surface area (Å²) in [5.74, 6) is 0.760. The molecule has 1 aromatic heterocycles. The highest BCUT2D eigenvalue weighted by Crippen LogP contribution is 2.20. The number of aromatic nitrogens is 2. The van der Waals surface area contributed by atoms with Crippen LogP contribution in [0.3, 0.4) is 0 Å². The van der Waals surface area contributed by atoms with E-state index in [0.717, 1.165) is 42.4 Å². The summed E-state index contributed by atoms with van der Waals surface area (Å²) in [4.78, 5) is 15.7. The first-order chi connectivity index (χ1) is 10.1. The molecule has 2 N–H and O–H groups in total. The van der Waals surface area contributed by atoms with Gasteiger partial charge in [0, 0.05) is 25.4 Å². The van der Waals surface area contributed by atoms with Crippen molar-refractivity contribution < 1.29 is 4.79 Å². The first-order valence-corrected chi connectivity index (χ1v) is 7.28. The highest BCUT2D eigenvalue weighted by Gasteiger charge is 2.08. The van der Waals surface area contributed by atoms with E-state index in [2.05, 4.69) is 22.5 Å². The summed E-state index contributed by atoms with van der Waals surface area (Å²) in [7, 11) is 0. The maximum absolute atomic E-state index is 11.2. The maximum atomic E-state index is 11.2. The normalized spacial score (nSPS) is 10.4. The van der Waals surface area contributed by atoms with E-state index in [-0.39, 0.29) is 5.91 Å². The molecular formula is C16H22N4O. The fourth-order valence-electron chi connectivity index (χ4n) is 2.13. The molecule has 5 nitrogen and oxygen atoms in total. The van der Waals surface area contributed by atoms with Gasteiger partial charge in [-0.15, -0.1) is 0 Å². The van der Waals surface area contributed by atoms with Crippen molar-refractivity contribution in [2.45, 2.75) is 33.6 Å². The average molecular weight is 286 g/mol. The lowest BCUT2D eigenvalue weighted by atomic mass is 10.2. The lowest BCUT2D eigenvalue weighted by Gasteiger charge is -2.11. The number of hydrogen-bond acceptors (Lipinski definition) is 3. The number of nitrogens with one attached hydrogen (secondary N) is 2. The van der Waals surface area contributed by atoms with Gasteiger partial charge in [0.2, 0.25) is 11.9 Å². The van der Waals surface area contributed by atoms with Crippen LogP contribution in [0.25, 0.3) is 5.69 Å². The zero-order valence-corrected chi connectivity index (χ0v) is 12.8. The van der Waals surface area contributed by atoms with E-state index in [1.165, 1.54) is 6.92 Å². The summed E-state index contributed by atoms with van der Waals surface area (Å²) < 4.78 is 2.01. The van der Waals surface area contributed by atoms with Crippen molar-refractivity contribution in [3.05, 3.63) is 36.2 Å².